The van der Waals surface area contributed by atoms with Gasteiger partial charge in [-0.15, -0.1) is 0 Å². The monoisotopic (exact) mass is 268 g/mol. The third-order valence-electron chi connectivity index (χ3n) is 4.27. The Hall–Kier alpha value is -0.610. The van der Waals surface area contributed by atoms with Crippen LogP contribution in [0.3, 0.4) is 0 Å². The van der Waals surface area contributed by atoms with Crippen LogP contribution in [0.1, 0.15) is 58.3 Å². The summed E-state index contributed by atoms with van der Waals surface area (Å²) in [6, 6.07) is 1.03. The van der Waals surface area contributed by atoms with Crippen LogP contribution in [0, 0.1) is 0 Å². The quantitative estimate of drug-likeness (QED) is 0.801. The van der Waals surface area contributed by atoms with Crippen molar-refractivity contribution in [1.29, 1.82) is 0 Å². The van der Waals surface area contributed by atoms with Crippen molar-refractivity contribution in [2.45, 2.75) is 76.5 Å². The highest BCUT2D eigenvalue weighted by Crippen LogP contribution is 2.20. The fraction of sp³-hybridized carbons (Fsp3) is 0.933. The van der Waals surface area contributed by atoms with Crippen molar-refractivity contribution in [1.82, 2.24) is 10.6 Å². The molecule has 19 heavy (non-hydrogen) atoms. The van der Waals surface area contributed by atoms with Gasteiger partial charge in [-0.05, 0) is 51.5 Å². The molecule has 0 aromatic rings. The fourth-order valence-corrected chi connectivity index (χ4v) is 3.19. The van der Waals surface area contributed by atoms with Gasteiger partial charge in [-0.3, -0.25) is 4.79 Å². The Morgan fingerprint density at radius 3 is 2.47 bits per heavy atom. The SMILES string of the molecule is CCNC1CCC(NC(=O)CC2CCCCO2)CC1. The van der Waals surface area contributed by atoms with Crippen molar-refractivity contribution in [3.05, 3.63) is 0 Å². The zero-order chi connectivity index (χ0) is 13.5. The summed E-state index contributed by atoms with van der Waals surface area (Å²) < 4.78 is 5.62. The standard InChI is InChI=1S/C15H28N2O2/c1-2-16-12-6-8-13(9-7-12)17-15(18)11-14-5-3-4-10-19-14/h12-14,16H,2-11H2,1H3,(H,17,18). The molecule has 1 amide bonds. The second-order valence-corrected chi connectivity index (χ2v) is 5.87. The summed E-state index contributed by atoms with van der Waals surface area (Å²) in [7, 11) is 0. The molecule has 1 aliphatic carbocycles. The topological polar surface area (TPSA) is 50.4 Å². The van der Waals surface area contributed by atoms with E-state index in [9.17, 15) is 4.79 Å². The Balaban J connectivity index is 1.63. The van der Waals surface area contributed by atoms with Crippen LogP contribution >= 0.6 is 0 Å². The van der Waals surface area contributed by atoms with Gasteiger partial charge >= 0.3 is 0 Å². The highest BCUT2D eigenvalue weighted by Gasteiger charge is 2.23. The summed E-state index contributed by atoms with van der Waals surface area (Å²) in [4.78, 5) is 12.0. The van der Waals surface area contributed by atoms with Crippen molar-refractivity contribution in [3.63, 3.8) is 0 Å². The van der Waals surface area contributed by atoms with Crippen molar-refractivity contribution in [2.75, 3.05) is 13.2 Å². The van der Waals surface area contributed by atoms with E-state index in [1.807, 2.05) is 0 Å². The van der Waals surface area contributed by atoms with E-state index in [0.717, 1.165) is 38.8 Å². The lowest BCUT2D eigenvalue weighted by Crippen LogP contribution is -2.43. The number of carbonyl (C=O) groups excluding carboxylic acids is 1. The minimum absolute atomic E-state index is 0.159. The van der Waals surface area contributed by atoms with Crippen LogP contribution in [-0.4, -0.2) is 37.2 Å². The molecule has 1 unspecified atom stereocenters. The molecule has 1 saturated heterocycles. The van der Waals surface area contributed by atoms with Gasteiger partial charge < -0.3 is 15.4 Å². The average Bonchev–Trinajstić information content (AvgIpc) is 2.42. The first-order valence-electron chi connectivity index (χ1n) is 7.92. The van der Waals surface area contributed by atoms with Crippen molar-refractivity contribution < 1.29 is 9.53 Å². The maximum Gasteiger partial charge on any atom is 0.222 e. The number of carbonyl (C=O) groups is 1. The van der Waals surface area contributed by atoms with Crippen molar-refractivity contribution in [2.24, 2.45) is 0 Å². The molecule has 0 bridgehead atoms. The molecule has 0 aromatic heterocycles. The van der Waals surface area contributed by atoms with Gasteiger partial charge in [-0.2, -0.15) is 0 Å². The first kappa shape index (κ1) is 14.8. The first-order valence-corrected chi connectivity index (χ1v) is 7.92. The molecule has 1 saturated carbocycles. The highest BCUT2D eigenvalue weighted by molar-refractivity contribution is 5.76. The third kappa shape index (κ3) is 5.11. The van der Waals surface area contributed by atoms with E-state index >= 15 is 0 Å². The van der Waals surface area contributed by atoms with Gasteiger partial charge in [0.25, 0.3) is 0 Å². The van der Waals surface area contributed by atoms with Gasteiger partial charge in [0.05, 0.1) is 12.5 Å². The maximum absolute atomic E-state index is 12.0. The van der Waals surface area contributed by atoms with Crippen LogP contribution in [0.25, 0.3) is 0 Å². The molecule has 2 aliphatic rings. The van der Waals surface area contributed by atoms with E-state index in [-0.39, 0.29) is 12.0 Å². The van der Waals surface area contributed by atoms with E-state index in [4.69, 9.17) is 4.74 Å². The van der Waals surface area contributed by atoms with E-state index < -0.39 is 0 Å². The number of hydrogen-bond donors (Lipinski definition) is 2. The number of hydrogen-bond acceptors (Lipinski definition) is 3. The average molecular weight is 268 g/mol. The molecule has 1 heterocycles. The van der Waals surface area contributed by atoms with Gasteiger partial charge in [0, 0.05) is 18.7 Å². The van der Waals surface area contributed by atoms with Crippen LogP contribution in [0.4, 0.5) is 0 Å². The van der Waals surface area contributed by atoms with Crippen molar-refractivity contribution in [3.8, 4) is 0 Å². The Kier molecular flexibility index (Phi) is 6.11. The summed E-state index contributed by atoms with van der Waals surface area (Å²) in [5.74, 6) is 0.179. The molecule has 0 radical (unpaired) electrons. The number of amides is 1. The normalized spacial score (nSPS) is 31.9. The number of ether oxygens (including phenoxy) is 1. The predicted molar refractivity (Wildman–Crippen MR) is 76.1 cm³/mol. The minimum Gasteiger partial charge on any atom is -0.378 e. The fourth-order valence-electron chi connectivity index (χ4n) is 3.19. The Bertz CT molecular complexity index is 269. The second kappa shape index (κ2) is 7.85. The third-order valence-corrected chi connectivity index (χ3v) is 4.27. The second-order valence-electron chi connectivity index (χ2n) is 5.87. The summed E-state index contributed by atoms with van der Waals surface area (Å²) in [5, 5.41) is 6.67. The maximum atomic E-state index is 12.0. The van der Waals surface area contributed by atoms with E-state index in [1.165, 1.54) is 19.3 Å². The van der Waals surface area contributed by atoms with Gasteiger partial charge in [0.15, 0.2) is 0 Å². The van der Waals surface area contributed by atoms with Gasteiger partial charge in [-0.25, -0.2) is 0 Å². The molecule has 110 valence electrons. The van der Waals surface area contributed by atoms with Crippen LogP contribution in [0.15, 0.2) is 0 Å². The Morgan fingerprint density at radius 2 is 1.84 bits per heavy atom. The Morgan fingerprint density at radius 1 is 1.11 bits per heavy atom. The molecule has 2 rings (SSSR count). The molecule has 4 nitrogen and oxygen atoms in total. The van der Waals surface area contributed by atoms with E-state index in [0.29, 0.717) is 18.5 Å². The van der Waals surface area contributed by atoms with Crippen LogP contribution in [0.5, 0.6) is 0 Å². The molecule has 0 spiro atoms. The summed E-state index contributed by atoms with van der Waals surface area (Å²) in [5.41, 5.74) is 0. The van der Waals surface area contributed by atoms with Gasteiger partial charge in [0.1, 0.15) is 0 Å². The van der Waals surface area contributed by atoms with Crippen LogP contribution in [-0.2, 0) is 9.53 Å². The molecule has 0 aromatic carbocycles. The summed E-state index contributed by atoms with van der Waals surface area (Å²) in [6.45, 7) is 4.02. The molecule has 4 heteroatoms. The zero-order valence-electron chi connectivity index (χ0n) is 12.1. The van der Waals surface area contributed by atoms with Gasteiger partial charge in [0.2, 0.25) is 5.91 Å². The first-order chi connectivity index (χ1) is 9.28. The van der Waals surface area contributed by atoms with Crippen LogP contribution in [0.2, 0.25) is 0 Å². The van der Waals surface area contributed by atoms with Crippen molar-refractivity contribution >= 4 is 5.91 Å². The van der Waals surface area contributed by atoms with Gasteiger partial charge in [-0.1, -0.05) is 6.92 Å². The smallest absolute Gasteiger partial charge is 0.222 e. The minimum atomic E-state index is 0.159. The zero-order valence-corrected chi connectivity index (χ0v) is 12.1. The molecule has 2 fully saturated rings. The molecular formula is C15H28N2O2. The molecule has 1 aliphatic heterocycles. The van der Waals surface area contributed by atoms with Crippen LogP contribution < -0.4 is 10.6 Å². The molecule has 2 N–H and O–H groups in total. The number of nitrogens with one attached hydrogen (secondary N) is 2. The predicted octanol–water partition coefficient (Wildman–Crippen LogP) is 1.98. The van der Waals surface area contributed by atoms with E-state index in [2.05, 4.69) is 17.6 Å². The number of rotatable bonds is 5. The lowest BCUT2D eigenvalue weighted by Gasteiger charge is -2.30. The Labute approximate surface area is 116 Å². The lowest BCUT2D eigenvalue weighted by molar-refractivity contribution is -0.125. The summed E-state index contributed by atoms with van der Waals surface area (Å²) >= 11 is 0. The largest absolute Gasteiger partial charge is 0.378 e. The lowest BCUT2D eigenvalue weighted by atomic mass is 9.91. The summed E-state index contributed by atoms with van der Waals surface area (Å²) in [6.07, 6.45) is 8.67. The highest BCUT2D eigenvalue weighted by atomic mass is 16.5. The molecular weight excluding hydrogens is 240 g/mol. The van der Waals surface area contributed by atoms with E-state index in [1.54, 1.807) is 0 Å². The molecule has 1 atom stereocenters.